The number of hydrogen-bond donors (Lipinski definition) is 2. The largest absolute Gasteiger partial charge is 0.398 e. The second-order valence-electron chi connectivity index (χ2n) is 5.58. The Hall–Kier alpha value is -2.04. The van der Waals surface area contributed by atoms with Crippen molar-refractivity contribution in [2.45, 2.75) is 25.8 Å². The number of fused-ring (bicyclic) bond motifs is 1. The van der Waals surface area contributed by atoms with Crippen molar-refractivity contribution in [1.29, 1.82) is 0 Å². The fraction of sp³-hybridized carbons (Fsp3) is 0.467. The summed E-state index contributed by atoms with van der Waals surface area (Å²) >= 11 is 0. The van der Waals surface area contributed by atoms with Gasteiger partial charge in [0.05, 0.1) is 12.0 Å². The van der Waals surface area contributed by atoms with E-state index in [1.165, 1.54) is 0 Å². The molecule has 0 radical (unpaired) electrons. The van der Waals surface area contributed by atoms with Crippen LogP contribution >= 0.6 is 0 Å². The van der Waals surface area contributed by atoms with Crippen molar-refractivity contribution >= 4 is 17.5 Å². The maximum Gasteiger partial charge on any atom is 0.254 e. The molecule has 2 amide bonds. The summed E-state index contributed by atoms with van der Waals surface area (Å²) in [6.45, 7) is 3.14. The highest BCUT2D eigenvalue weighted by molar-refractivity contribution is 5.98. The number of nitrogens with one attached hydrogen (secondary N) is 1. The first-order valence-corrected chi connectivity index (χ1v) is 7.03. The molecule has 3 N–H and O–H groups in total. The molecule has 2 fully saturated rings. The van der Waals surface area contributed by atoms with Gasteiger partial charge in [-0.05, 0) is 37.5 Å². The predicted octanol–water partition coefficient (Wildman–Crippen LogP) is 0.928. The summed E-state index contributed by atoms with van der Waals surface area (Å²) in [5, 5.41) is 2.87. The number of anilines is 1. The van der Waals surface area contributed by atoms with Gasteiger partial charge in [-0.3, -0.25) is 9.59 Å². The highest BCUT2D eigenvalue weighted by Gasteiger charge is 2.42. The summed E-state index contributed by atoms with van der Waals surface area (Å²) in [4.78, 5) is 26.4. The zero-order valence-corrected chi connectivity index (χ0v) is 11.6. The van der Waals surface area contributed by atoms with Crippen LogP contribution < -0.4 is 11.1 Å². The molecule has 0 bridgehead atoms. The highest BCUT2D eigenvalue weighted by Crippen LogP contribution is 2.29. The van der Waals surface area contributed by atoms with Gasteiger partial charge in [-0.2, -0.15) is 0 Å². The summed E-state index contributed by atoms with van der Waals surface area (Å²) < 4.78 is 0. The van der Waals surface area contributed by atoms with Gasteiger partial charge in [0.15, 0.2) is 0 Å². The fourth-order valence-corrected chi connectivity index (χ4v) is 3.24. The van der Waals surface area contributed by atoms with Gasteiger partial charge in [-0.15, -0.1) is 0 Å². The van der Waals surface area contributed by atoms with Crippen LogP contribution in [0.25, 0.3) is 0 Å². The molecular weight excluding hydrogens is 254 g/mol. The third-order valence-electron chi connectivity index (χ3n) is 4.47. The zero-order valence-electron chi connectivity index (χ0n) is 11.6. The molecule has 20 heavy (non-hydrogen) atoms. The van der Waals surface area contributed by atoms with Crippen LogP contribution in [-0.4, -0.2) is 35.8 Å². The van der Waals surface area contributed by atoms with Gasteiger partial charge in [-0.25, -0.2) is 0 Å². The lowest BCUT2D eigenvalue weighted by molar-refractivity contribution is -0.123. The second kappa shape index (κ2) is 4.81. The van der Waals surface area contributed by atoms with E-state index in [0.29, 0.717) is 24.3 Å². The molecule has 0 aromatic heterocycles. The van der Waals surface area contributed by atoms with Crippen molar-refractivity contribution in [3.8, 4) is 0 Å². The number of likely N-dealkylation sites (tertiary alicyclic amines) is 1. The van der Waals surface area contributed by atoms with Crippen LogP contribution in [0.15, 0.2) is 18.2 Å². The smallest absolute Gasteiger partial charge is 0.254 e. The van der Waals surface area contributed by atoms with E-state index in [0.717, 1.165) is 18.4 Å². The minimum absolute atomic E-state index is 0.00965. The number of carbonyl (C=O) groups excluding carboxylic acids is 2. The Balaban J connectivity index is 1.90. The third kappa shape index (κ3) is 1.94. The topological polar surface area (TPSA) is 75.4 Å². The number of rotatable bonds is 1. The molecule has 2 aliphatic heterocycles. The van der Waals surface area contributed by atoms with E-state index in [4.69, 9.17) is 5.73 Å². The van der Waals surface area contributed by atoms with Crippen LogP contribution in [0.2, 0.25) is 0 Å². The number of amides is 2. The number of nitrogen functional groups attached to an aromatic ring is 1. The molecule has 0 spiro atoms. The van der Waals surface area contributed by atoms with Crippen LogP contribution in [0.3, 0.4) is 0 Å². The molecule has 1 aromatic rings. The molecule has 2 aliphatic rings. The Kier molecular flexibility index (Phi) is 3.12. The maximum absolute atomic E-state index is 12.8. The monoisotopic (exact) mass is 273 g/mol. The number of nitrogens with zero attached hydrogens (tertiary/aromatic N) is 1. The molecule has 106 valence electrons. The average Bonchev–Trinajstić information content (AvgIpc) is 2.83. The first-order valence-electron chi connectivity index (χ1n) is 7.03. The van der Waals surface area contributed by atoms with Gasteiger partial charge in [0.2, 0.25) is 5.91 Å². The molecule has 5 heteroatoms. The van der Waals surface area contributed by atoms with Crippen molar-refractivity contribution in [2.75, 3.05) is 18.8 Å². The lowest BCUT2D eigenvalue weighted by atomic mass is 9.90. The van der Waals surface area contributed by atoms with E-state index in [1.807, 2.05) is 17.9 Å². The third-order valence-corrected chi connectivity index (χ3v) is 4.47. The van der Waals surface area contributed by atoms with Crippen LogP contribution in [0, 0.1) is 12.8 Å². The lowest BCUT2D eigenvalue weighted by Gasteiger charge is -2.36. The van der Waals surface area contributed by atoms with Crippen molar-refractivity contribution in [1.82, 2.24) is 10.2 Å². The van der Waals surface area contributed by atoms with Crippen molar-refractivity contribution in [3.63, 3.8) is 0 Å². The van der Waals surface area contributed by atoms with Crippen LogP contribution in [-0.2, 0) is 4.79 Å². The summed E-state index contributed by atoms with van der Waals surface area (Å²) in [7, 11) is 0. The summed E-state index contributed by atoms with van der Waals surface area (Å²) in [6, 6.07) is 5.40. The Bertz CT molecular complexity index is 570. The molecule has 5 nitrogen and oxygen atoms in total. The maximum atomic E-state index is 12.8. The molecule has 2 heterocycles. The summed E-state index contributed by atoms with van der Waals surface area (Å²) in [5.41, 5.74) is 7.97. The first-order chi connectivity index (χ1) is 9.59. The van der Waals surface area contributed by atoms with Crippen LogP contribution in [0.1, 0.15) is 28.8 Å². The van der Waals surface area contributed by atoms with E-state index in [-0.39, 0.29) is 23.8 Å². The van der Waals surface area contributed by atoms with Gasteiger partial charge in [-0.1, -0.05) is 6.07 Å². The number of nitrogens with two attached hydrogens (primary N) is 1. The average molecular weight is 273 g/mol. The van der Waals surface area contributed by atoms with E-state index in [1.54, 1.807) is 12.1 Å². The van der Waals surface area contributed by atoms with Gasteiger partial charge in [0.1, 0.15) is 0 Å². The minimum Gasteiger partial charge on any atom is -0.398 e. The molecule has 2 atom stereocenters. The van der Waals surface area contributed by atoms with Gasteiger partial charge in [0, 0.05) is 24.3 Å². The molecule has 2 unspecified atom stereocenters. The normalized spacial score (nSPS) is 25.2. The molecule has 3 rings (SSSR count). The molecule has 0 saturated carbocycles. The van der Waals surface area contributed by atoms with Gasteiger partial charge >= 0.3 is 0 Å². The lowest BCUT2D eigenvalue weighted by Crippen LogP contribution is -2.48. The van der Waals surface area contributed by atoms with Crippen molar-refractivity contribution in [2.24, 2.45) is 5.92 Å². The van der Waals surface area contributed by atoms with E-state index < -0.39 is 0 Å². The quantitative estimate of drug-likeness (QED) is 0.747. The molecule has 0 aliphatic carbocycles. The predicted molar refractivity (Wildman–Crippen MR) is 76.1 cm³/mol. The Morgan fingerprint density at radius 1 is 1.45 bits per heavy atom. The van der Waals surface area contributed by atoms with Crippen LogP contribution in [0.4, 0.5) is 5.69 Å². The van der Waals surface area contributed by atoms with E-state index >= 15 is 0 Å². The molecule has 1 aromatic carbocycles. The van der Waals surface area contributed by atoms with Crippen molar-refractivity contribution in [3.05, 3.63) is 29.3 Å². The Morgan fingerprint density at radius 3 is 3.05 bits per heavy atom. The number of piperidine rings is 1. The summed E-state index contributed by atoms with van der Waals surface area (Å²) in [5.74, 6) is 0.0202. The minimum atomic E-state index is -0.0472. The standard InChI is InChI=1S/C15H19N3O2/c1-9-10(4-2-6-12(9)16)15(20)18-7-3-5-11-13(18)8-17-14(11)19/h2,4,6,11,13H,3,5,7-8,16H2,1H3,(H,17,19). The van der Waals surface area contributed by atoms with E-state index in [2.05, 4.69) is 5.32 Å². The number of hydrogen-bond acceptors (Lipinski definition) is 3. The first kappa shape index (κ1) is 13.0. The second-order valence-corrected chi connectivity index (χ2v) is 5.58. The van der Waals surface area contributed by atoms with Gasteiger partial charge in [0.25, 0.3) is 5.91 Å². The van der Waals surface area contributed by atoms with Crippen LogP contribution in [0.5, 0.6) is 0 Å². The highest BCUT2D eigenvalue weighted by atomic mass is 16.2. The molecular formula is C15H19N3O2. The Labute approximate surface area is 118 Å². The van der Waals surface area contributed by atoms with Gasteiger partial charge < -0.3 is 16.0 Å². The van der Waals surface area contributed by atoms with E-state index in [9.17, 15) is 9.59 Å². The number of benzene rings is 1. The SMILES string of the molecule is Cc1c(N)cccc1C(=O)N1CCCC2C(=O)NCC21. The summed E-state index contributed by atoms with van der Waals surface area (Å²) in [6.07, 6.45) is 1.75. The zero-order chi connectivity index (χ0) is 14.3. The fourth-order valence-electron chi connectivity index (χ4n) is 3.24. The Morgan fingerprint density at radius 2 is 2.25 bits per heavy atom. The van der Waals surface area contributed by atoms with Crippen molar-refractivity contribution < 1.29 is 9.59 Å². The number of carbonyl (C=O) groups is 2. The molecule has 2 saturated heterocycles.